The highest BCUT2D eigenvalue weighted by Crippen LogP contribution is 2.31. The predicted octanol–water partition coefficient (Wildman–Crippen LogP) is 4.70. The van der Waals surface area contributed by atoms with E-state index < -0.39 is 30.2 Å². The lowest BCUT2D eigenvalue weighted by Crippen LogP contribution is -2.29. The highest BCUT2D eigenvalue weighted by molar-refractivity contribution is 9.10. The Hall–Kier alpha value is -2.31. The van der Waals surface area contributed by atoms with Crippen LogP contribution in [0.25, 0.3) is 0 Å². The zero-order chi connectivity index (χ0) is 23.7. The summed E-state index contributed by atoms with van der Waals surface area (Å²) in [5.74, 6) is -3.41. The van der Waals surface area contributed by atoms with Crippen LogP contribution in [0.15, 0.2) is 16.6 Å². The quantitative estimate of drug-likeness (QED) is 0.341. The Labute approximate surface area is 197 Å². The number of aromatic nitrogens is 1. The number of carboxylic acid groups (broad SMARTS) is 1. The van der Waals surface area contributed by atoms with Crippen molar-refractivity contribution >= 4 is 44.5 Å². The van der Waals surface area contributed by atoms with E-state index in [2.05, 4.69) is 35.8 Å². The minimum atomic E-state index is -1.39. The molecule has 0 spiro atoms. The molecule has 0 unspecified atom stereocenters. The number of nitrogens with one attached hydrogen (secondary N) is 2. The van der Waals surface area contributed by atoms with Crippen LogP contribution in [0.3, 0.4) is 0 Å². The molecule has 0 bridgehead atoms. The van der Waals surface area contributed by atoms with E-state index in [1.807, 2.05) is 14.1 Å². The lowest BCUT2D eigenvalue weighted by molar-refractivity contribution is 0.0693. The number of carbonyl (C=O) groups excluding carboxylic acids is 1. The van der Waals surface area contributed by atoms with E-state index in [1.165, 1.54) is 0 Å². The third kappa shape index (κ3) is 7.99. The van der Waals surface area contributed by atoms with Crippen LogP contribution in [0, 0.1) is 11.6 Å². The van der Waals surface area contributed by atoms with Gasteiger partial charge >= 0.3 is 12.0 Å². The molecule has 1 heterocycles. The maximum absolute atomic E-state index is 14.0. The van der Waals surface area contributed by atoms with Gasteiger partial charge in [-0.2, -0.15) is 4.37 Å². The van der Waals surface area contributed by atoms with Crippen molar-refractivity contribution in [2.75, 3.05) is 32.5 Å². The van der Waals surface area contributed by atoms with E-state index in [1.54, 1.807) is 0 Å². The van der Waals surface area contributed by atoms with Gasteiger partial charge in [0.25, 0.3) is 0 Å². The number of aromatic carboxylic acids is 1. The van der Waals surface area contributed by atoms with Gasteiger partial charge in [-0.05, 0) is 57.1 Å². The average Bonchev–Trinajstić information content (AvgIpc) is 3.08. The molecule has 0 saturated carbocycles. The van der Waals surface area contributed by atoms with Gasteiger partial charge in [-0.3, -0.25) is 5.32 Å². The van der Waals surface area contributed by atoms with Crippen LogP contribution in [0.4, 0.5) is 18.6 Å². The van der Waals surface area contributed by atoms with Crippen LogP contribution in [-0.4, -0.2) is 53.6 Å². The molecule has 32 heavy (non-hydrogen) atoms. The van der Waals surface area contributed by atoms with Gasteiger partial charge in [0.2, 0.25) is 5.88 Å². The maximum Gasteiger partial charge on any atom is 0.344 e. The van der Waals surface area contributed by atoms with Crippen molar-refractivity contribution in [3.05, 3.63) is 39.4 Å². The molecule has 0 saturated heterocycles. The number of anilines is 1. The molecule has 1 aromatic carbocycles. The van der Waals surface area contributed by atoms with Crippen LogP contribution in [0.2, 0.25) is 0 Å². The molecule has 8 nitrogen and oxygen atoms in total. The van der Waals surface area contributed by atoms with Gasteiger partial charge in [0, 0.05) is 11.0 Å². The second-order valence-electron chi connectivity index (χ2n) is 7.23. The first kappa shape index (κ1) is 25.9. The first-order valence-electron chi connectivity index (χ1n) is 9.87. The van der Waals surface area contributed by atoms with Gasteiger partial charge < -0.3 is 20.1 Å². The van der Waals surface area contributed by atoms with Crippen molar-refractivity contribution in [3.8, 4) is 5.88 Å². The summed E-state index contributed by atoms with van der Waals surface area (Å²) in [5, 5.41) is 14.6. The maximum atomic E-state index is 14.0. The minimum absolute atomic E-state index is 0.0345. The van der Waals surface area contributed by atoms with E-state index in [-0.39, 0.29) is 26.5 Å². The first-order valence-corrected chi connectivity index (χ1v) is 11.4. The summed E-state index contributed by atoms with van der Waals surface area (Å²) in [6.07, 6.45) is 3.91. The normalized spacial score (nSPS) is 10.9. The first-order chi connectivity index (χ1) is 15.2. The molecule has 2 rings (SSSR count). The van der Waals surface area contributed by atoms with Gasteiger partial charge in [-0.1, -0.05) is 28.8 Å². The third-order valence-electron chi connectivity index (χ3n) is 4.38. The fraction of sp³-hybridized carbons (Fsp3) is 0.450. The van der Waals surface area contributed by atoms with Crippen LogP contribution < -0.4 is 15.4 Å². The molecule has 0 radical (unpaired) electrons. The van der Waals surface area contributed by atoms with Gasteiger partial charge in [0.1, 0.15) is 23.2 Å². The van der Waals surface area contributed by atoms with E-state index in [4.69, 9.17) is 4.74 Å². The number of rotatable bonds is 12. The molecule has 0 fully saturated rings. The number of carboxylic acids is 1. The van der Waals surface area contributed by atoms with E-state index >= 15 is 0 Å². The SMILES string of the molecule is CN(C)CCCCCCNC(=O)Nc1snc(OCc2c(F)cc(Br)cc2F)c1C(=O)O. The van der Waals surface area contributed by atoms with Gasteiger partial charge in [0.05, 0.1) is 5.56 Å². The number of urea groups is 1. The van der Waals surface area contributed by atoms with Crippen LogP contribution >= 0.6 is 27.5 Å². The number of carbonyl (C=O) groups is 2. The lowest BCUT2D eigenvalue weighted by atomic mass is 10.2. The summed E-state index contributed by atoms with van der Waals surface area (Å²) in [4.78, 5) is 25.8. The highest BCUT2D eigenvalue weighted by Gasteiger charge is 2.24. The van der Waals surface area contributed by atoms with Crippen molar-refractivity contribution in [2.24, 2.45) is 0 Å². The van der Waals surface area contributed by atoms with Crippen molar-refractivity contribution < 1.29 is 28.2 Å². The van der Waals surface area contributed by atoms with Crippen LogP contribution in [0.1, 0.15) is 41.6 Å². The summed E-state index contributed by atoms with van der Waals surface area (Å²) in [7, 11) is 4.04. The molecule has 0 aliphatic carbocycles. The number of hydrogen-bond acceptors (Lipinski definition) is 6. The van der Waals surface area contributed by atoms with Crippen molar-refractivity contribution in [3.63, 3.8) is 0 Å². The van der Waals surface area contributed by atoms with Crippen molar-refractivity contribution in [1.82, 2.24) is 14.6 Å². The van der Waals surface area contributed by atoms with Crippen molar-refractivity contribution in [1.29, 1.82) is 0 Å². The monoisotopic (exact) mass is 534 g/mol. The Morgan fingerprint density at radius 1 is 1.19 bits per heavy atom. The molecule has 0 aliphatic rings. The van der Waals surface area contributed by atoms with Crippen LogP contribution in [0.5, 0.6) is 5.88 Å². The Balaban J connectivity index is 1.90. The summed E-state index contributed by atoms with van der Waals surface area (Å²) in [6, 6.07) is 1.57. The van der Waals surface area contributed by atoms with Crippen molar-refractivity contribution in [2.45, 2.75) is 32.3 Å². The summed E-state index contributed by atoms with van der Waals surface area (Å²) in [6.45, 7) is 0.900. The molecule has 12 heteroatoms. The molecule has 0 atom stereocenters. The second-order valence-corrected chi connectivity index (χ2v) is 8.92. The summed E-state index contributed by atoms with van der Waals surface area (Å²) in [5.41, 5.74) is -0.748. The highest BCUT2D eigenvalue weighted by atomic mass is 79.9. The predicted molar refractivity (Wildman–Crippen MR) is 122 cm³/mol. The molecule has 2 aromatic rings. The fourth-order valence-electron chi connectivity index (χ4n) is 2.75. The fourth-order valence-corrected chi connectivity index (χ4v) is 3.88. The Bertz CT molecular complexity index is 919. The number of halogens is 3. The Morgan fingerprint density at radius 2 is 1.84 bits per heavy atom. The zero-order valence-electron chi connectivity index (χ0n) is 17.7. The van der Waals surface area contributed by atoms with E-state index in [9.17, 15) is 23.5 Å². The topological polar surface area (TPSA) is 104 Å². The Morgan fingerprint density at radius 3 is 2.47 bits per heavy atom. The molecule has 1 aromatic heterocycles. The summed E-state index contributed by atoms with van der Waals surface area (Å²) < 4.78 is 37.2. The lowest BCUT2D eigenvalue weighted by Gasteiger charge is -2.09. The minimum Gasteiger partial charge on any atom is -0.477 e. The van der Waals surface area contributed by atoms with Gasteiger partial charge in [-0.15, -0.1) is 0 Å². The number of hydrogen-bond donors (Lipinski definition) is 3. The van der Waals surface area contributed by atoms with Crippen LogP contribution in [-0.2, 0) is 6.61 Å². The number of benzene rings is 1. The van der Waals surface area contributed by atoms with Gasteiger partial charge in [0.15, 0.2) is 5.56 Å². The largest absolute Gasteiger partial charge is 0.477 e. The molecular weight excluding hydrogens is 510 g/mol. The average molecular weight is 535 g/mol. The summed E-state index contributed by atoms with van der Waals surface area (Å²) >= 11 is 3.69. The molecule has 3 N–H and O–H groups in total. The Kier molecular flexibility index (Phi) is 10.3. The number of ether oxygens (including phenoxy) is 1. The molecule has 176 valence electrons. The molecule has 2 amide bonds. The second kappa shape index (κ2) is 12.7. The smallest absolute Gasteiger partial charge is 0.344 e. The third-order valence-corrected chi connectivity index (χ3v) is 5.58. The number of amides is 2. The molecule has 0 aliphatic heterocycles. The van der Waals surface area contributed by atoms with E-state index in [0.29, 0.717) is 18.1 Å². The standard InChI is InChI=1S/C20H25BrF2N4O4S/c1-27(2)8-6-4-3-5-7-24-20(30)25-18-16(19(28)29)17(26-32-18)31-11-13-14(22)9-12(21)10-15(13)23/h9-10H,3-8,11H2,1-2H3,(H,28,29)(H2,24,25,30). The number of unbranched alkanes of at least 4 members (excludes halogenated alkanes) is 3. The molecular formula is C20H25BrF2N4O4S. The van der Waals surface area contributed by atoms with Gasteiger partial charge in [-0.25, -0.2) is 18.4 Å². The zero-order valence-corrected chi connectivity index (χ0v) is 20.1. The van der Waals surface area contributed by atoms with E-state index in [0.717, 1.165) is 44.4 Å². The number of nitrogens with zero attached hydrogens (tertiary/aromatic N) is 2.